The van der Waals surface area contributed by atoms with Crippen molar-refractivity contribution in [3.05, 3.63) is 83.4 Å². The molecule has 9 nitrogen and oxygen atoms in total. The Morgan fingerprint density at radius 1 is 0.750 bits per heavy atom. The Morgan fingerprint density at radius 2 is 1.40 bits per heavy atom. The number of nitrogens with two attached hydrogens (primary N) is 2. The van der Waals surface area contributed by atoms with Crippen molar-refractivity contribution < 1.29 is 55.2 Å². The van der Waals surface area contributed by atoms with Gasteiger partial charge in [0, 0.05) is 23.9 Å². The summed E-state index contributed by atoms with van der Waals surface area (Å²) < 4.78 is 92.3. The molecule has 0 aliphatic heterocycles. The van der Waals surface area contributed by atoms with Crippen LogP contribution in [0.2, 0.25) is 0 Å². The van der Waals surface area contributed by atoms with Gasteiger partial charge in [-0.1, -0.05) is 12.1 Å². The van der Waals surface area contributed by atoms with Crippen molar-refractivity contribution in [2.75, 3.05) is 38.4 Å². The molecule has 0 saturated heterocycles. The predicted octanol–water partition coefficient (Wildman–Crippen LogP) is 7.68. The first-order valence-electron chi connectivity index (χ1n) is 15.0. The van der Waals surface area contributed by atoms with Crippen LogP contribution in [0.1, 0.15) is 60.0 Å². The number of unbranched alkanes of at least 4 members (excludes halogenated alkanes) is 3. The molecule has 0 saturated carbocycles. The molecule has 0 bridgehead atoms. The van der Waals surface area contributed by atoms with Gasteiger partial charge in [0.2, 0.25) is 0 Å². The second-order valence-electron chi connectivity index (χ2n) is 10.6. The molecular formula is C34H37F5N2O7. The van der Waals surface area contributed by atoms with Crippen LogP contribution >= 0.6 is 0 Å². The third-order valence-electron chi connectivity index (χ3n) is 6.63. The Kier molecular flexibility index (Phi) is 13.9. The highest BCUT2D eigenvalue weighted by Crippen LogP contribution is 2.37. The van der Waals surface area contributed by atoms with E-state index in [4.69, 9.17) is 35.2 Å². The van der Waals surface area contributed by atoms with Crippen LogP contribution in [0.4, 0.5) is 33.3 Å². The molecule has 0 amide bonds. The van der Waals surface area contributed by atoms with Crippen molar-refractivity contribution in [2.24, 2.45) is 0 Å². The predicted molar refractivity (Wildman–Crippen MR) is 169 cm³/mol. The van der Waals surface area contributed by atoms with Crippen molar-refractivity contribution in [2.45, 2.75) is 50.8 Å². The van der Waals surface area contributed by atoms with Crippen LogP contribution < -0.4 is 25.7 Å². The van der Waals surface area contributed by atoms with Crippen molar-refractivity contribution >= 4 is 29.4 Å². The minimum Gasteiger partial charge on any atom is -0.493 e. The fraction of sp³-hybridized carbons (Fsp3) is 0.353. The SMILES string of the molecule is COc1cc(C(F)(F)Oc2ccc(/C=C/C(=O)OCCCCCCOC(=O)c3cc(N)cc(N)c3)cc2)ccc1OCCCC(F)(F)F. The number of hydrogen-bond donors (Lipinski definition) is 2. The smallest absolute Gasteiger partial charge is 0.426 e. The fourth-order valence-electron chi connectivity index (χ4n) is 4.26. The molecule has 4 N–H and O–H groups in total. The number of carbonyl (C=O) groups excluding carboxylic acids is 2. The van der Waals surface area contributed by atoms with Crippen molar-refractivity contribution in [3.63, 3.8) is 0 Å². The van der Waals surface area contributed by atoms with Gasteiger partial charge in [-0.2, -0.15) is 22.0 Å². The number of benzene rings is 3. The molecule has 0 aromatic heterocycles. The number of halogens is 5. The zero-order valence-electron chi connectivity index (χ0n) is 26.2. The average Bonchev–Trinajstić information content (AvgIpc) is 3.02. The number of ether oxygens (including phenoxy) is 5. The van der Waals surface area contributed by atoms with E-state index in [1.807, 2.05) is 0 Å². The van der Waals surface area contributed by atoms with E-state index in [9.17, 15) is 31.5 Å². The van der Waals surface area contributed by atoms with Crippen molar-refractivity contribution in [1.82, 2.24) is 0 Å². The van der Waals surface area contributed by atoms with Crippen LogP contribution in [0, 0.1) is 0 Å². The number of hydrogen-bond acceptors (Lipinski definition) is 9. The van der Waals surface area contributed by atoms with E-state index in [0.717, 1.165) is 25.0 Å². The summed E-state index contributed by atoms with van der Waals surface area (Å²) in [5, 5.41) is 0. The lowest BCUT2D eigenvalue weighted by Crippen LogP contribution is -2.22. The summed E-state index contributed by atoms with van der Waals surface area (Å²) in [7, 11) is 1.22. The molecule has 0 spiro atoms. The summed E-state index contributed by atoms with van der Waals surface area (Å²) in [6, 6.07) is 13.3. The van der Waals surface area contributed by atoms with Gasteiger partial charge in [-0.25, -0.2) is 9.59 Å². The quantitative estimate of drug-likeness (QED) is 0.0456. The first-order valence-corrected chi connectivity index (χ1v) is 15.0. The lowest BCUT2D eigenvalue weighted by molar-refractivity contribution is -0.185. The molecule has 3 rings (SSSR count). The topological polar surface area (TPSA) is 132 Å². The van der Waals surface area contributed by atoms with E-state index >= 15 is 0 Å². The molecule has 3 aromatic rings. The van der Waals surface area contributed by atoms with E-state index < -0.39 is 36.2 Å². The van der Waals surface area contributed by atoms with Gasteiger partial charge in [0.25, 0.3) is 0 Å². The molecular weight excluding hydrogens is 643 g/mol. The van der Waals surface area contributed by atoms with E-state index in [2.05, 4.69) is 0 Å². The van der Waals surface area contributed by atoms with Gasteiger partial charge in [-0.3, -0.25) is 0 Å². The van der Waals surface area contributed by atoms with Crippen LogP contribution in [-0.4, -0.2) is 45.0 Å². The monoisotopic (exact) mass is 680 g/mol. The summed E-state index contributed by atoms with van der Waals surface area (Å²) in [4.78, 5) is 24.1. The van der Waals surface area contributed by atoms with Crippen molar-refractivity contribution in [3.8, 4) is 17.2 Å². The summed E-state index contributed by atoms with van der Waals surface area (Å²) in [6.45, 7) is 0.157. The molecule has 48 heavy (non-hydrogen) atoms. The number of esters is 2. The molecule has 0 aliphatic rings. The highest BCUT2D eigenvalue weighted by molar-refractivity contribution is 5.91. The minimum atomic E-state index is -4.32. The highest BCUT2D eigenvalue weighted by Gasteiger charge is 2.35. The Hall–Kier alpha value is -5.01. The lowest BCUT2D eigenvalue weighted by Gasteiger charge is -2.20. The number of rotatable bonds is 18. The number of nitrogen functional groups attached to an aromatic ring is 2. The minimum absolute atomic E-state index is 0.0200. The van der Waals surface area contributed by atoms with Crippen LogP contribution in [-0.2, 0) is 20.4 Å². The summed E-state index contributed by atoms with van der Waals surface area (Å²) in [5.74, 6) is -1.30. The van der Waals surface area contributed by atoms with E-state index in [0.29, 0.717) is 29.8 Å². The zero-order chi connectivity index (χ0) is 35.2. The number of methoxy groups -OCH3 is 1. The summed E-state index contributed by atoms with van der Waals surface area (Å²) in [6.07, 6.45) is -4.00. The largest absolute Gasteiger partial charge is 0.493 e. The van der Waals surface area contributed by atoms with Crippen LogP contribution in [0.5, 0.6) is 17.2 Å². The Morgan fingerprint density at radius 3 is 2.02 bits per heavy atom. The van der Waals surface area contributed by atoms with E-state index in [1.165, 1.54) is 61.7 Å². The molecule has 0 heterocycles. The Bertz CT molecular complexity index is 1510. The van der Waals surface area contributed by atoms with Gasteiger partial charge in [-0.05, 0) is 92.3 Å². The summed E-state index contributed by atoms with van der Waals surface area (Å²) in [5.41, 5.74) is 12.4. The van der Waals surface area contributed by atoms with Gasteiger partial charge in [0.1, 0.15) is 5.75 Å². The highest BCUT2D eigenvalue weighted by atomic mass is 19.4. The second-order valence-corrected chi connectivity index (χ2v) is 10.6. The fourth-order valence-corrected chi connectivity index (χ4v) is 4.26. The van der Waals surface area contributed by atoms with Gasteiger partial charge in [-0.15, -0.1) is 0 Å². The first-order chi connectivity index (χ1) is 22.8. The number of alkyl halides is 5. The molecule has 14 heteroatoms. The maximum atomic E-state index is 14.9. The standard InChI is InChI=1S/C34H37F5N2O7/c1-44-30-21-25(10-13-29(30)45-18-6-15-33(35,36)37)34(38,39)48-28-11-7-23(8-12-28)9-14-31(42)46-16-4-2-3-5-17-47-32(43)24-19-26(40)22-27(41)20-24/h7-14,19-22H,2-6,15-18,40-41H2,1H3/b14-9+. The normalized spacial score (nSPS) is 11.7. The lowest BCUT2D eigenvalue weighted by atomic mass is 10.1. The molecule has 0 fully saturated rings. The maximum Gasteiger partial charge on any atom is 0.426 e. The Labute approximate surface area is 274 Å². The Balaban J connectivity index is 1.36. The van der Waals surface area contributed by atoms with E-state index in [-0.39, 0.29) is 49.1 Å². The first kappa shape index (κ1) is 37.4. The molecule has 0 radical (unpaired) electrons. The van der Waals surface area contributed by atoms with Crippen molar-refractivity contribution in [1.29, 1.82) is 0 Å². The van der Waals surface area contributed by atoms with Crippen LogP contribution in [0.15, 0.2) is 66.7 Å². The van der Waals surface area contributed by atoms with Gasteiger partial charge in [0.05, 0.1) is 38.1 Å². The van der Waals surface area contributed by atoms with Gasteiger partial charge < -0.3 is 35.2 Å². The molecule has 0 aliphatic carbocycles. The zero-order valence-corrected chi connectivity index (χ0v) is 26.2. The third-order valence-corrected chi connectivity index (χ3v) is 6.63. The van der Waals surface area contributed by atoms with Gasteiger partial charge >= 0.3 is 24.2 Å². The summed E-state index contributed by atoms with van der Waals surface area (Å²) >= 11 is 0. The van der Waals surface area contributed by atoms with Gasteiger partial charge in [0.15, 0.2) is 11.5 Å². The number of carbonyl (C=O) groups is 2. The number of anilines is 2. The van der Waals surface area contributed by atoms with E-state index in [1.54, 1.807) is 6.07 Å². The second kappa shape index (κ2) is 17.8. The van der Waals surface area contributed by atoms with Crippen LogP contribution in [0.25, 0.3) is 6.08 Å². The molecule has 0 unspecified atom stereocenters. The molecule has 0 atom stereocenters. The molecule has 260 valence electrons. The maximum absolute atomic E-state index is 14.9. The average molecular weight is 681 g/mol. The third kappa shape index (κ3) is 13.0. The van der Waals surface area contributed by atoms with Crippen LogP contribution in [0.3, 0.4) is 0 Å². The molecule has 3 aromatic carbocycles.